The zero-order valence-electron chi connectivity index (χ0n) is 10.3. The number of carboxylic acid groups (broad SMARTS) is 1. The van der Waals surface area contributed by atoms with Crippen LogP contribution in [-0.2, 0) is 4.79 Å². The smallest absolute Gasteiger partial charge is 0.305 e. The number of nitrogens with zero attached hydrogens (tertiary/aromatic N) is 2. The Morgan fingerprint density at radius 3 is 2.94 bits per heavy atom. The van der Waals surface area contributed by atoms with Gasteiger partial charge in [0, 0.05) is 25.0 Å². The van der Waals surface area contributed by atoms with E-state index in [2.05, 4.69) is 4.98 Å². The second-order valence-corrected chi connectivity index (χ2v) is 4.64. The molecular formula is C13H16N2O3. The summed E-state index contributed by atoms with van der Waals surface area (Å²) in [5.74, 6) is -0.975. The van der Waals surface area contributed by atoms with Crippen LogP contribution in [0.1, 0.15) is 35.2 Å². The van der Waals surface area contributed by atoms with Gasteiger partial charge in [0.1, 0.15) is 0 Å². The van der Waals surface area contributed by atoms with Crippen molar-refractivity contribution in [2.45, 2.75) is 32.2 Å². The van der Waals surface area contributed by atoms with Crippen LogP contribution in [0.3, 0.4) is 0 Å². The fourth-order valence-corrected chi connectivity index (χ4v) is 2.35. The summed E-state index contributed by atoms with van der Waals surface area (Å²) in [5.41, 5.74) is 1.46. The molecule has 0 saturated carbocycles. The summed E-state index contributed by atoms with van der Waals surface area (Å²) in [5, 5.41) is 8.84. The van der Waals surface area contributed by atoms with Crippen LogP contribution < -0.4 is 0 Å². The molecule has 0 spiro atoms. The van der Waals surface area contributed by atoms with Gasteiger partial charge < -0.3 is 10.0 Å². The van der Waals surface area contributed by atoms with Crippen molar-refractivity contribution >= 4 is 11.9 Å². The summed E-state index contributed by atoms with van der Waals surface area (Å²) in [7, 11) is 0. The fraction of sp³-hybridized carbons (Fsp3) is 0.462. The molecule has 1 N–H and O–H groups in total. The SMILES string of the molecule is Cc1cncc(C(=O)N2CCCC2CC(=O)O)c1. The summed E-state index contributed by atoms with van der Waals surface area (Å²) in [6, 6.07) is 1.60. The zero-order chi connectivity index (χ0) is 13.1. The lowest BCUT2D eigenvalue weighted by atomic mass is 10.1. The number of amides is 1. The number of rotatable bonds is 3. The average Bonchev–Trinajstić information content (AvgIpc) is 2.75. The number of pyridine rings is 1. The highest BCUT2D eigenvalue weighted by Gasteiger charge is 2.30. The molecule has 1 aliphatic heterocycles. The van der Waals surface area contributed by atoms with Crippen molar-refractivity contribution in [3.05, 3.63) is 29.6 Å². The predicted molar refractivity (Wildman–Crippen MR) is 65.3 cm³/mol. The summed E-state index contributed by atoms with van der Waals surface area (Å²) in [6.07, 6.45) is 4.87. The van der Waals surface area contributed by atoms with Gasteiger partial charge in [-0.05, 0) is 31.4 Å². The van der Waals surface area contributed by atoms with Crippen LogP contribution in [0.5, 0.6) is 0 Å². The molecular weight excluding hydrogens is 232 g/mol. The highest BCUT2D eigenvalue weighted by molar-refractivity contribution is 5.94. The minimum atomic E-state index is -0.859. The number of carbonyl (C=O) groups is 2. The first-order valence-electron chi connectivity index (χ1n) is 6.02. The summed E-state index contributed by atoms with van der Waals surface area (Å²) in [6.45, 7) is 2.51. The van der Waals surface area contributed by atoms with Crippen molar-refractivity contribution in [3.8, 4) is 0 Å². The molecule has 0 aromatic carbocycles. The molecule has 1 unspecified atom stereocenters. The van der Waals surface area contributed by atoms with Gasteiger partial charge in [-0.2, -0.15) is 0 Å². The maximum Gasteiger partial charge on any atom is 0.305 e. The van der Waals surface area contributed by atoms with E-state index in [0.717, 1.165) is 18.4 Å². The molecule has 0 radical (unpaired) electrons. The number of aromatic nitrogens is 1. The van der Waals surface area contributed by atoms with Crippen molar-refractivity contribution in [1.29, 1.82) is 0 Å². The van der Waals surface area contributed by atoms with Crippen molar-refractivity contribution < 1.29 is 14.7 Å². The third-order valence-electron chi connectivity index (χ3n) is 3.17. The number of hydrogen-bond donors (Lipinski definition) is 1. The van der Waals surface area contributed by atoms with Gasteiger partial charge in [-0.25, -0.2) is 0 Å². The second kappa shape index (κ2) is 5.16. The topological polar surface area (TPSA) is 70.5 Å². The number of carboxylic acids is 1. The first kappa shape index (κ1) is 12.5. The number of hydrogen-bond acceptors (Lipinski definition) is 3. The lowest BCUT2D eigenvalue weighted by Gasteiger charge is -2.23. The van der Waals surface area contributed by atoms with Crippen molar-refractivity contribution in [2.75, 3.05) is 6.54 Å². The van der Waals surface area contributed by atoms with Gasteiger partial charge in [-0.3, -0.25) is 14.6 Å². The molecule has 1 atom stereocenters. The van der Waals surface area contributed by atoms with Gasteiger partial charge in [0.15, 0.2) is 0 Å². The molecule has 0 bridgehead atoms. The molecule has 0 aliphatic carbocycles. The lowest BCUT2D eigenvalue weighted by molar-refractivity contribution is -0.137. The van der Waals surface area contributed by atoms with Crippen molar-refractivity contribution in [1.82, 2.24) is 9.88 Å². The zero-order valence-corrected chi connectivity index (χ0v) is 10.3. The first-order valence-corrected chi connectivity index (χ1v) is 6.02. The number of aliphatic carboxylic acids is 1. The van der Waals surface area contributed by atoms with E-state index >= 15 is 0 Å². The molecule has 1 saturated heterocycles. The van der Waals surface area contributed by atoms with Crippen LogP contribution in [0.15, 0.2) is 18.5 Å². The predicted octanol–water partition coefficient (Wildman–Crippen LogP) is 1.47. The quantitative estimate of drug-likeness (QED) is 0.879. The van der Waals surface area contributed by atoms with E-state index in [-0.39, 0.29) is 18.4 Å². The summed E-state index contributed by atoms with van der Waals surface area (Å²) in [4.78, 5) is 28.7. The van der Waals surface area contributed by atoms with E-state index in [1.54, 1.807) is 17.2 Å². The Labute approximate surface area is 105 Å². The Bertz CT molecular complexity index is 473. The Morgan fingerprint density at radius 1 is 1.50 bits per heavy atom. The number of aryl methyl sites for hydroxylation is 1. The first-order chi connectivity index (χ1) is 8.58. The molecule has 96 valence electrons. The Balaban J connectivity index is 2.15. The molecule has 2 heterocycles. The van der Waals surface area contributed by atoms with E-state index < -0.39 is 5.97 Å². The molecule has 1 aromatic heterocycles. The largest absolute Gasteiger partial charge is 0.481 e. The minimum absolute atomic E-state index is 0.0188. The van der Waals surface area contributed by atoms with Crippen LogP contribution >= 0.6 is 0 Å². The molecule has 5 heteroatoms. The van der Waals surface area contributed by atoms with E-state index in [0.29, 0.717) is 12.1 Å². The van der Waals surface area contributed by atoms with Crippen LogP contribution in [-0.4, -0.2) is 39.5 Å². The van der Waals surface area contributed by atoms with Gasteiger partial charge in [0.05, 0.1) is 12.0 Å². The van der Waals surface area contributed by atoms with Crippen LogP contribution in [0.2, 0.25) is 0 Å². The maximum atomic E-state index is 12.3. The fourth-order valence-electron chi connectivity index (χ4n) is 2.35. The Morgan fingerprint density at radius 2 is 2.28 bits per heavy atom. The molecule has 1 fully saturated rings. The van der Waals surface area contributed by atoms with Gasteiger partial charge in [-0.1, -0.05) is 0 Å². The van der Waals surface area contributed by atoms with E-state index in [1.807, 2.05) is 6.92 Å². The van der Waals surface area contributed by atoms with E-state index in [4.69, 9.17) is 5.11 Å². The maximum absolute atomic E-state index is 12.3. The molecule has 1 aromatic rings. The third-order valence-corrected chi connectivity index (χ3v) is 3.17. The minimum Gasteiger partial charge on any atom is -0.481 e. The van der Waals surface area contributed by atoms with Gasteiger partial charge in [0.2, 0.25) is 0 Å². The average molecular weight is 248 g/mol. The highest BCUT2D eigenvalue weighted by atomic mass is 16.4. The molecule has 1 aliphatic rings. The second-order valence-electron chi connectivity index (χ2n) is 4.64. The van der Waals surface area contributed by atoms with Crippen LogP contribution in [0.4, 0.5) is 0 Å². The van der Waals surface area contributed by atoms with Gasteiger partial charge in [-0.15, -0.1) is 0 Å². The van der Waals surface area contributed by atoms with Crippen LogP contribution in [0.25, 0.3) is 0 Å². The highest BCUT2D eigenvalue weighted by Crippen LogP contribution is 2.22. The number of carbonyl (C=O) groups excluding carboxylic acids is 1. The summed E-state index contributed by atoms with van der Waals surface area (Å²) >= 11 is 0. The molecule has 5 nitrogen and oxygen atoms in total. The molecule has 1 amide bonds. The third kappa shape index (κ3) is 2.67. The monoisotopic (exact) mass is 248 g/mol. The molecule has 2 rings (SSSR count). The van der Waals surface area contributed by atoms with E-state index in [9.17, 15) is 9.59 Å². The summed E-state index contributed by atoms with van der Waals surface area (Å²) < 4.78 is 0. The van der Waals surface area contributed by atoms with Gasteiger partial charge in [0.25, 0.3) is 5.91 Å². The lowest BCUT2D eigenvalue weighted by Crippen LogP contribution is -2.36. The van der Waals surface area contributed by atoms with Crippen LogP contribution in [0, 0.1) is 6.92 Å². The van der Waals surface area contributed by atoms with Crippen molar-refractivity contribution in [2.24, 2.45) is 0 Å². The standard InChI is InChI=1S/C13H16N2O3/c1-9-5-10(8-14-7-9)13(18)15-4-2-3-11(15)6-12(16)17/h5,7-8,11H,2-4,6H2,1H3,(H,16,17). The Hall–Kier alpha value is -1.91. The van der Waals surface area contributed by atoms with E-state index in [1.165, 1.54) is 6.20 Å². The Kier molecular flexibility index (Phi) is 3.60. The number of likely N-dealkylation sites (tertiary alicyclic amines) is 1. The van der Waals surface area contributed by atoms with Crippen molar-refractivity contribution in [3.63, 3.8) is 0 Å². The molecule has 18 heavy (non-hydrogen) atoms. The normalized spacial score (nSPS) is 18.9. The van der Waals surface area contributed by atoms with Gasteiger partial charge >= 0.3 is 5.97 Å².